The van der Waals surface area contributed by atoms with Crippen LogP contribution in [0, 0.1) is 5.82 Å². The van der Waals surface area contributed by atoms with Gasteiger partial charge in [-0.3, -0.25) is 0 Å². The lowest BCUT2D eigenvalue weighted by molar-refractivity contribution is 0.0698. The molecule has 3 nitrogen and oxygen atoms in total. The number of rotatable bonds is 5. The minimum absolute atomic E-state index is 0.159. The smallest absolute Gasteiger partial charge is 0.337 e. The monoisotopic (exact) mass is 339 g/mol. The average molecular weight is 339 g/mol. The molecule has 0 bridgehead atoms. The number of carboxylic acid groups (broad SMARTS) is 1. The van der Waals surface area contributed by atoms with E-state index in [4.69, 9.17) is 0 Å². The van der Waals surface area contributed by atoms with Gasteiger partial charge in [0.05, 0.1) is 11.3 Å². The lowest BCUT2D eigenvalue weighted by atomic mass is 10.1. The van der Waals surface area contributed by atoms with Crippen molar-refractivity contribution in [1.82, 2.24) is 0 Å². The van der Waals surface area contributed by atoms with Crippen molar-refractivity contribution in [2.24, 2.45) is 0 Å². The van der Waals surface area contributed by atoms with Crippen molar-refractivity contribution in [3.05, 3.63) is 81.8 Å². The molecule has 1 heterocycles. The van der Waals surface area contributed by atoms with E-state index in [1.807, 2.05) is 29.0 Å². The summed E-state index contributed by atoms with van der Waals surface area (Å²) in [5.74, 6) is -1.36. The van der Waals surface area contributed by atoms with E-state index in [1.165, 1.54) is 12.1 Å². The highest BCUT2D eigenvalue weighted by molar-refractivity contribution is 7.08. The van der Waals surface area contributed by atoms with Gasteiger partial charge in [0.25, 0.3) is 0 Å². The van der Waals surface area contributed by atoms with Gasteiger partial charge in [0.2, 0.25) is 0 Å². The van der Waals surface area contributed by atoms with Crippen LogP contribution in [-0.2, 0) is 0 Å². The van der Waals surface area contributed by atoms with Gasteiger partial charge in [-0.1, -0.05) is 18.2 Å². The Hall–Kier alpha value is -2.92. The van der Waals surface area contributed by atoms with Crippen molar-refractivity contribution in [2.75, 3.05) is 5.32 Å². The topological polar surface area (TPSA) is 49.3 Å². The molecule has 0 spiro atoms. The van der Waals surface area contributed by atoms with E-state index >= 15 is 0 Å². The predicted octanol–water partition coefficient (Wildman–Crippen LogP) is 5.50. The van der Waals surface area contributed by atoms with Crippen molar-refractivity contribution in [2.45, 2.75) is 0 Å². The first-order valence-electron chi connectivity index (χ1n) is 7.22. The van der Waals surface area contributed by atoms with Crippen LogP contribution in [0.4, 0.5) is 15.8 Å². The Kier molecular flexibility index (Phi) is 4.72. The number of carbonyl (C=O) groups is 1. The number of nitrogens with one attached hydrogen (secondary N) is 1. The van der Waals surface area contributed by atoms with Crippen molar-refractivity contribution in [3.8, 4) is 0 Å². The van der Waals surface area contributed by atoms with Gasteiger partial charge in [-0.2, -0.15) is 11.3 Å². The molecule has 0 atom stereocenters. The number of halogens is 1. The highest BCUT2D eigenvalue weighted by atomic mass is 32.1. The lowest BCUT2D eigenvalue weighted by Gasteiger charge is -2.10. The van der Waals surface area contributed by atoms with Crippen LogP contribution in [-0.4, -0.2) is 11.1 Å². The highest BCUT2D eigenvalue weighted by Gasteiger charge is 2.10. The molecule has 0 radical (unpaired) electrons. The fourth-order valence-corrected chi connectivity index (χ4v) is 2.83. The van der Waals surface area contributed by atoms with Crippen molar-refractivity contribution in [3.63, 3.8) is 0 Å². The molecule has 0 saturated heterocycles. The molecule has 5 heteroatoms. The molecular formula is C19H14FNO2S. The molecule has 0 aliphatic carbocycles. The summed E-state index contributed by atoms with van der Waals surface area (Å²) in [7, 11) is 0. The van der Waals surface area contributed by atoms with E-state index in [0.29, 0.717) is 11.4 Å². The van der Waals surface area contributed by atoms with Crippen LogP contribution >= 0.6 is 11.3 Å². The number of hydrogen-bond donors (Lipinski definition) is 2. The largest absolute Gasteiger partial charge is 0.478 e. The minimum atomic E-state index is -1.02. The van der Waals surface area contributed by atoms with Crippen molar-refractivity contribution in [1.29, 1.82) is 0 Å². The Bertz CT molecular complexity index is 871. The first-order valence-corrected chi connectivity index (χ1v) is 8.16. The maximum atomic E-state index is 13.0. The van der Waals surface area contributed by atoms with E-state index in [2.05, 4.69) is 5.32 Å². The second-order valence-corrected chi connectivity index (χ2v) is 5.91. The van der Waals surface area contributed by atoms with Crippen LogP contribution in [0.3, 0.4) is 0 Å². The first-order chi connectivity index (χ1) is 11.6. The molecule has 120 valence electrons. The van der Waals surface area contributed by atoms with Crippen LogP contribution in [0.2, 0.25) is 0 Å². The SMILES string of the molecule is O=C(O)c1ccc(C=Cc2ccsc2)cc1Nc1ccc(F)cc1. The molecule has 0 amide bonds. The average Bonchev–Trinajstić information content (AvgIpc) is 3.08. The van der Waals surface area contributed by atoms with Gasteiger partial charge in [0, 0.05) is 5.69 Å². The van der Waals surface area contributed by atoms with E-state index in [9.17, 15) is 14.3 Å². The molecule has 2 aromatic carbocycles. The van der Waals surface area contributed by atoms with Gasteiger partial charge < -0.3 is 10.4 Å². The molecule has 3 aromatic rings. The molecular weight excluding hydrogens is 325 g/mol. The first kappa shape index (κ1) is 16.0. The van der Waals surface area contributed by atoms with Crippen molar-refractivity contribution >= 4 is 40.8 Å². The van der Waals surface area contributed by atoms with Crippen molar-refractivity contribution < 1.29 is 14.3 Å². The Morgan fingerprint density at radius 3 is 2.46 bits per heavy atom. The minimum Gasteiger partial charge on any atom is -0.478 e. The third kappa shape index (κ3) is 3.88. The third-order valence-electron chi connectivity index (χ3n) is 3.41. The van der Waals surface area contributed by atoms with Crippen LogP contribution in [0.5, 0.6) is 0 Å². The predicted molar refractivity (Wildman–Crippen MR) is 96.3 cm³/mol. The summed E-state index contributed by atoms with van der Waals surface area (Å²) in [6.07, 6.45) is 3.89. The summed E-state index contributed by atoms with van der Waals surface area (Å²) in [4.78, 5) is 11.4. The maximum Gasteiger partial charge on any atom is 0.337 e. The molecule has 0 saturated carbocycles. The van der Waals surface area contributed by atoms with E-state index in [1.54, 1.807) is 41.7 Å². The third-order valence-corrected chi connectivity index (χ3v) is 4.11. The second-order valence-electron chi connectivity index (χ2n) is 5.13. The quantitative estimate of drug-likeness (QED) is 0.645. The van der Waals surface area contributed by atoms with Gasteiger partial charge in [0.15, 0.2) is 0 Å². The summed E-state index contributed by atoms with van der Waals surface area (Å²) in [5, 5.41) is 16.4. The number of carboxylic acids is 1. The normalized spacial score (nSPS) is 10.9. The second kappa shape index (κ2) is 7.10. The lowest BCUT2D eigenvalue weighted by Crippen LogP contribution is -2.03. The van der Waals surface area contributed by atoms with Gasteiger partial charge in [0.1, 0.15) is 5.82 Å². The Morgan fingerprint density at radius 2 is 1.79 bits per heavy atom. The summed E-state index contributed by atoms with van der Waals surface area (Å²) in [6, 6.07) is 12.8. The fraction of sp³-hybridized carbons (Fsp3) is 0. The Labute approximate surface area is 142 Å². The number of thiophene rings is 1. The number of benzene rings is 2. The zero-order valence-corrected chi connectivity index (χ0v) is 13.4. The molecule has 0 aliphatic rings. The van der Waals surface area contributed by atoms with Gasteiger partial charge >= 0.3 is 5.97 Å². The van der Waals surface area contributed by atoms with Gasteiger partial charge in [-0.05, 0) is 64.4 Å². The molecule has 0 fully saturated rings. The zero-order valence-electron chi connectivity index (χ0n) is 12.6. The summed E-state index contributed by atoms with van der Waals surface area (Å²) in [6.45, 7) is 0. The number of hydrogen-bond acceptors (Lipinski definition) is 3. The van der Waals surface area contributed by atoms with E-state index in [-0.39, 0.29) is 11.4 Å². The van der Waals surface area contributed by atoms with Crippen LogP contribution in [0.15, 0.2) is 59.3 Å². The molecule has 24 heavy (non-hydrogen) atoms. The highest BCUT2D eigenvalue weighted by Crippen LogP contribution is 2.24. The van der Waals surface area contributed by atoms with Crippen LogP contribution in [0.25, 0.3) is 12.2 Å². The Balaban J connectivity index is 1.91. The molecule has 1 aromatic heterocycles. The summed E-state index contributed by atoms with van der Waals surface area (Å²) >= 11 is 1.62. The molecule has 3 rings (SSSR count). The van der Waals surface area contributed by atoms with Gasteiger partial charge in [-0.15, -0.1) is 0 Å². The maximum absolute atomic E-state index is 13.0. The summed E-state index contributed by atoms with van der Waals surface area (Å²) < 4.78 is 13.0. The van der Waals surface area contributed by atoms with Crippen LogP contribution < -0.4 is 5.32 Å². The number of aromatic carboxylic acids is 1. The molecule has 0 aliphatic heterocycles. The molecule has 2 N–H and O–H groups in total. The van der Waals surface area contributed by atoms with E-state index < -0.39 is 5.97 Å². The summed E-state index contributed by atoms with van der Waals surface area (Å²) in [5.41, 5.74) is 3.21. The van der Waals surface area contributed by atoms with Crippen LogP contribution in [0.1, 0.15) is 21.5 Å². The molecule has 0 unspecified atom stereocenters. The zero-order chi connectivity index (χ0) is 16.9. The van der Waals surface area contributed by atoms with E-state index in [0.717, 1.165) is 11.1 Å². The fourth-order valence-electron chi connectivity index (χ4n) is 2.21. The standard InChI is InChI=1S/C19H14FNO2S/c20-15-4-6-16(7-5-15)21-18-11-13(3-8-17(18)19(22)23)1-2-14-9-10-24-12-14/h1-12,21H,(H,22,23). The van der Waals surface area contributed by atoms with Gasteiger partial charge in [-0.25, -0.2) is 9.18 Å². The number of anilines is 2. The Morgan fingerprint density at radius 1 is 1.04 bits per heavy atom.